The molecule has 4 aromatic carbocycles. The van der Waals surface area contributed by atoms with Crippen LogP contribution in [0.2, 0.25) is 0 Å². The molecule has 2 aromatic heterocycles. The maximum absolute atomic E-state index is 13.8. The standard InChI is InChI=1S/C34H30N4O4/c1-22-9-7-10-23(17-22)21-41-31-18-25(37(2)3)16-15-24(31)20-35-38-33(36-28-12-6-5-11-26(28)34(38)39)32-19-27-29(40-4)13-8-14-30(27)42-32/h5-20H,21H2,1-4H3. The Labute approximate surface area is 243 Å². The van der Waals surface area contributed by atoms with Crippen molar-refractivity contribution in [2.75, 3.05) is 26.1 Å². The third-order valence-corrected chi connectivity index (χ3v) is 7.02. The van der Waals surface area contributed by atoms with Crippen molar-refractivity contribution < 1.29 is 13.9 Å². The summed E-state index contributed by atoms with van der Waals surface area (Å²) in [6, 6.07) is 28.6. The van der Waals surface area contributed by atoms with Crippen molar-refractivity contribution >= 4 is 33.8 Å². The minimum atomic E-state index is -0.314. The number of hydrogen-bond donors (Lipinski definition) is 0. The highest BCUT2D eigenvalue weighted by atomic mass is 16.5. The number of rotatable bonds is 8. The van der Waals surface area contributed by atoms with Crippen LogP contribution in [0.15, 0.2) is 105 Å². The molecule has 0 amide bonds. The number of aryl methyl sites for hydroxylation is 1. The van der Waals surface area contributed by atoms with Crippen molar-refractivity contribution in [1.82, 2.24) is 9.66 Å². The number of benzene rings is 4. The minimum absolute atomic E-state index is 0.278. The van der Waals surface area contributed by atoms with Crippen molar-refractivity contribution in [1.29, 1.82) is 0 Å². The van der Waals surface area contributed by atoms with Gasteiger partial charge in [0.15, 0.2) is 5.76 Å². The van der Waals surface area contributed by atoms with Crippen LogP contribution in [-0.4, -0.2) is 37.1 Å². The summed E-state index contributed by atoms with van der Waals surface area (Å²) in [6.45, 7) is 2.45. The predicted octanol–water partition coefficient (Wildman–Crippen LogP) is 6.65. The summed E-state index contributed by atoms with van der Waals surface area (Å²) in [5.41, 5.74) is 4.77. The first-order valence-corrected chi connectivity index (χ1v) is 13.5. The molecule has 0 radical (unpaired) electrons. The molecule has 0 aliphatic rings. The fourth-order valence-corrected chi connectivity index (χ4v) is 4.83. The van der Waals surface area contributed by atoms with Crippen molar-refractivity contribution in [2.24, 2.45) is 5.10 Å². The second-order valence-corrected chi connectivity index (χ2v) is 10.2. The van der Waals surface area contributed by atoms with Gasteiger partial charge in [0.05, 0.1) is 29.6 Å². The van der Waals surface area contributed by atoms with E-state index < -0.39 is 0 Å². The number of furan rings is 1. The van der Waals surface area contributed by atoms with E-state index in [0.717, 1.165) is 16.6 Å². The number of hydrogen-bond acceptors (Lipinski definition) is 7. The summed E-state index contributed by atoms with van der Waals surface area (Å²) >= 11 is 0. The molecule has 0 bridgehead atoms. The van der Waals surface area contributed by atoms with Crippen LogP contribution < -0.4 is 19.9 Å². The Bertz CT molecular complexity index is 2010. The quantitative estimate of drug-likeness (QED) is 0.195. The number of para-hydroxylation sites is 1. The second kappa shape index (κ2) is 11.2. The largest absolute Gasteiger partial charge is 0.496 e. The minimum Gasteiger partial charge on any atom is -0.496 e. The molecular formula is C34H30N4O4. The van der Waals surface area contributed by atoms with E-state index in [9.17, 15) is 4.79 Å². The molecule has 42 heavy (non-hydrogen) atoms. The molecule has 0 spiro atoms. The van der Waals surface area contributed by atoms with Gasteiger partial charge in [-0.25, -0.2) is 4.98 Å². The molecule has 8 nitrogen and oxygen atoms in total. The number of aromatic nitrogens is 2. The van der Waals surface area contributed by atoms with Gasteiger partial charge >= 0.3 is 0 Å². The first kappa shape index (κ1) is 26.8. The summed E-state index contributed by atoms with van der Waals surface area (Å²) in [7, 11) is 5.56. The van der Waals surface area contributed by atoms with E-state index in [-0.39, 0.29) is 11.4 Å². The van der Waals surface area contributed by atoms with Gasteiger partial charge in [0.25, 0.3) is 5.56 Å². The van der Waals surface area contributed by atoms with Crippen LogP contribution >= 0.6 is 0 Å². The Kier molecular flexibility index (Phi) is 7.19. The van der Waals surface area contributed by atoms with E-state index in [0.29, 0.717) is 45.9 Å². The van der Waals surface area contributed by atoms with Crippen molar-refractivity contribution in [3.05, 3.63) is 118 Å². The average molecular weight is 559 g/mol. The summed E-state index contributed by atoms with van der Waals surface area (Å²) in [5, 5.41) is 5.88. The van der Waals surface area contributed by atoms with Gasteiger partial charge in [-0.15, -0.1) is 0 Å². The number of ether oxygens (including phenoxy) is 2. The lowest BCUT2D eigenvalue weighted by Crippen LogP contribution is -2.20. The lowest BCUT2D eigenvalue weighted by Gasteiger charge is -2.16. The molecule has 0 unspecified atom stereocenters. The van der Waals surface area contributed by atoms with Gasteiger partial charge in [-0.1, -0.05) is 48.0 Å². The van der Waals surface area contributed by atoms with Gasteiger partial charge in [0.1, 0.15) is 23.7 Å². The van der Waals surface area contributed by atoms with E-state index in [4.69, 9.17) is 18.9 Å². The Balaban J connectivity index is 1.46. The molecule has 6 aromatic rings. The van der Waals surface area contributed by atoms with Crippen LogP contribution in [0.3, 0.4) is 0 Å². The van der Waals surface area contributed by atoms with E-state index in [1.165, 1.54) is 10.2 Å². The van der Waals surface area contributed by atoms with Gasteiger partial charge in [-0.05, 0) is 55.0 Å². The molecule has 6 rings (SSSR count). The van der Waals surface area contributed by atoms with Crippen molar-refractivity contribution in [2.45, 2.75) is 13.5 Å². The van der Waals surface area contributed by atoms with Gasteiger partial charge in [0, 0.05) is 31.4 Å². The second-order valence-electron chi connectivity index (χ2n) is 10.2. The predicted molar refractivity (Wildman–Crippen MR) is 167 cm³/mol. The molecule has 0 aliphatic carbocycles. The van der Waals surface area contributed by atoms with Gasteiger partial charge < -0.3 is 18.8 Å². The fraction of sp³-hybridized carbons (Fsp3) is 0.147. The van der Waals surface area contributed by atoms with E-state index in [2.05, 4.69) is 24.2 Å². The lowest BCUT2D eigenvalue weighted by molar-refractivity contribution is 0.306. The summed E-state index contributed by atoms with van der Waals surface area (Å²) in [6.07, 6.45) is 1.62. The zero-order valence-electron chi connectivity index (χ0n) is 23.9. The molecule has 0 saturated carbocycles. The van der Waals surface area contributed by atoms with Gasteiger partial charge in [-0.3, -0.25) is 4.79 Å². The van der Waals surface area contributed by atoms with Gasteiger partial charge in [0.2, 0.25) is 5.82 Å². The molecule has 210 valence electrons. The van der Waals surface area contributed by atoms with E-state index >= 15 is 0 Å². The molecule has 0 fully saturated rings. The molecular weight excluding hydrogens is 528 g/mol. The van der Waals surface area contributed by atoms with Crippen LogP contribution in [0.5, 0.6) is 11.5 Å². The van der Waals surface area contributed by atoms with E-state index in [1.807, 2.05) is 85.7 Å². The zero-order chi connectivity index (χ0) is 29.2. The molecule has 0 saturated heterocycles. The summed E-state index contributed by atoms with van der Waals surface area (Å²) < 4.78 is 19.2. The maximum atomic E-state index is 13.8. The highest BCUT2D eigenvalue weighted by molar-refractivity contribution is 5.89. The number of methoxy groups -OCH3 is 1. The molecule has 8 heteroatoms. The Morgan fingerprint density at radius 1 is 0.929 bits per heavy atom. The molecule has 0 N–H and O–H groups in total. The van der Waals surface area contributed by atoms with Gasteiger partial charge in [-0.2, -0.15) is 9.78 Å². The molecule has 0 atom stereocenters. The SMILES string of the molecule is COc1cccc2oc(-c3nc4ccccc4c(=O)n3N=Cc3ccc(N(C)C)cc3OCc3cccc(C)c3)cc12. The van der Waals surface area contributed by atoms with Crippen molar-refractivity contribution in [3.63, 3.8) is 0 Å². The van der Waals surface area contributed by atoms with Crippen LogP contribution in [0, 0.1) is 6.92 Å². The maximum Gasteiger partial charge on any atom is 0.282 e. The monoisotopic (exact) mass is 558 g/mol. The summed E-state index contributed by atoms with van der Waals surface area (Å²) in [4.78, 5) is 20.6. The number of anilines is 1. The Morgan fingerprint density at radius 3 is 2.57 bits per heavy atom. The summed E-state index contributed by atoms with van der Waals surface area (Å²) in [5.74, 6) is 1.98. The first-order valence-electron chi connectivity index (χ1n) is 13.5. The fourth-order valence-electron chi connectivity index (χ4n) is 4.83. The first-order chi connectivity index (χ1) is 20.4. The van der Waals surface area contributed by atoms with Crippen molar-refractivity contribution in [3.8, 4) is 23.1 Å². The third kappa shape index (κ3) is 5.22. The van der Waals surface area contributed by atoms with E-state index in [1.54, 1.807) is 25.5 Å². The van der Waals surface area contributed by atoms with Crippen LogP contribution in [0.25, 0.3) is 33.5 Å². The Morgan fingerprint density at radius 2 is 1.76 bits per heavy atom. The normalized spacial score (nSPS) is 11.4. The Hall–Kier alpha value is -5.37. The smallest absolute Gasteiger partial charge is 0.282 e. The lowest BCUT2D eigenvalue weighted by atomic mass is 10.1. The number of fused-ring (bicyclic) bond motifs is 2. The average Bonchev–Trinajstić information content (AvgIpc) is 3.44. The highest BCUT2D eigenvalue weighted by Gasteiger charge is 2.18. The van der Waals surface area contributed by atoms with Crippen LogP contribution in [-0.2, 0) is 6.61 Å². The third-order valence-electron chi connectivity index (χ3n) is 7.02. The highest BCUT2D eigenvalue weighted by Crippen LogP contribution is 2.33. The topological polar surface area (TPSA) is 82.1 Å². The number of nitrogens with zero attached hydrogens (tertiary/aromatic N) is 4. The zero-order valence-corrected chi connectivity index (χ0v) is 23.9. The molecule has 0 aliphatic heterocycles. The molecule has 2 heterocycles. The van der Waals surface area contributed by atoms with Crippen LogP contribution in [0.4, 0.5) is 5.69 Å². The van der Waals surface area contributed by atoms with Crippen LogP contribution in [0.1, 0.15) is 16.7 Å².